The van der Waals surface area contributed by atoms with Gasteiger partial charge in [0.05, 0.1) is 6.54 Å². The maximum absolute atomic E-state index is 12.9. The van der Waals surface area contributed by atoms with Gasteiger partial charge in [-0.1, -0.05) is 6.92 Å². The van der Waals surface area contributed by atoms with Crippen molar-refractivity contribution in [1.29, 1.82) is 0 Å². The second-order valence-electron chi connectivity index (χ2n) is 7.27. The summed E-state index contributed by atoms with van der Waals surface area (Å²) in [4.78, 5) is 33.2. The van der Waals surface area contributed by atoms with Gasteiger partial charge in [-0.05, 0) is 12.8 Å². The van der Waals surface area contributed by atoms with Crippen molar-refractivity contribution in [1.82, 2.24) is 19.4 Å². The lowest BCUT2D eigenvalue weighted by atomic mass is 9.88. The van der Waals surface area contributed by atoms with Gasteiger partial charge in [-0.2, -0.15) is 0 Å². The third kappa shape index (κ3) is 2.84. The van der Waals surface area contributed by atoms with Crippen LogP contribution in [0.3, 0.4) is 0 Å². The predicted octanol–water partition coefficient (Wildman–Crippen LogP) is 1.13. The molecule has 136 valence electrons. The number of rotatable bonds is 2. The van der Waals surface area contributed by atoms with E-state index < -0.39 is 11.7 Å². The molecule has 25 heavy (non-hydrogen) atoms. The Hall–Kier alpha value is -1.89. The summed E-state index contributed by atoms with van der Waals surface area (Å²) in [7, 11) is 0. The molecule has 2 amide bonds. The zero-order chi connectivity index (χ0) is 17.4. The Morgan fingerprint density at radius 1 is 1.20 bits per heavy atom. The molecule has 1 atom stereocenters. The fourth-order valence-corrected chi connectivity index (χ4v) is 4.35. The molecular formula is C18H26N4O3. The Morgan fingerprint density at radius 3 is 2.60 bits per heavy atom. The van der Waals surface area contributed by atoms with Crippen LogP contribution in [0.1, 0.15) is 44.9 Å². The number of nitrogens with zero attached hydrogens (tertiary/aromatic N) is 4. The lowest BCUT2D eigenvalue weighted by molar-refractivity contribution is -0.182. The first-order valence-electron chi connectivity index (χ1n) is 9.39. The van der Waals surface area contributed by atoms with Gasteiger partial charge in [0.1, 0.15) is 11.4 Å². The van der Waals surface area contributed by atoms with Crippen LogP contribution in [0.4, 0.5) is 0 Å². The van der Waals surface area contributed by atoms with Crippen molar-refractivity contribution < 1.29 is 14.3 Å². The summed E-state index contributed by atoms with van der Waals surface area (Å²) < 4.78 is 8.49. The van der Waals surface area contributed by atoms with Gasteiger partial charge in [-0.25, -0.2) is 4.98 Å². The van der Waals surface area contributed by atoms with Gasteiger partial charge in [-0.15, -0.1) is 0 Å². The first-order valence-corrected chi connectivity index (χ1v) is 9.39. The molecule has 4 rings (SSSR count). The Balaban J connectivity index is 1.55. The van der Waals surface area contributed by atoms with E-state index in [-0.39, 0.29) is 11.8 Å². The number of piperidine rings is 1. The highest BCUT2D eigenvalue weighted by Crippen LogP contribution is 2.40. The van der Waals surface area contributed by atoms with Gasteiger partial charge in [-0.3, -0.25) is 9.59 Å². The quantitative estimate of drug-likeness (QED) is 0.805. The van der Waals surface area contributed by atoms with E-state index in [0.29, 0.717) is 38.9 Å². The minimum absolute atomic E-state index is 0.100. The van der Waals surface area contributed by atoms with Crippen molar-refractivity contribution in [2.75, 3.05) is 26.2 Å². The molecule has 0 N–H and O–H groups in total. The van der Waals surface area contributed by atoms with Gasteiger partial charge in [0.2, 0.25) is 5.91 Å². The normalized spacial score (nSPS) is 25.2. The standard InChI is InChI=1S/C18H26N4O3/c1-2-15(23)20-10-5-18(6-11-20)17-19-7-12-22(17)13-14(25-18)16(24)21-8-3-4-9-21/h7,12,14H,2-6,8-11,13H2,1H3/t14-/m1/s1. The summed E-state index contributed by atoms with van der Waals surface area (Å²) >= 11 is 0. The molecule has 0 radical (unpaired) electrons. The maximum Gasteiger partial charge on any atom is 0.253 e. The van der Waals surface area contributed by atoms with E-state index in [9.17, 15) is 9.59 Å². The van der Waals surface area contributed by atoms with E-state index in [2.05, 4.69) is 9.55 Å². The van der Waals surface area contributed by atoms with Crippen LogP contribution in [0, 0.1) is 0 Å². The van der Waals surface area contributed by atoms with Crippen LogP contribution in [-0.4, -0.2) is 63.4 Å². The monoisotopic (exact) mass is 346 g/mol. The van der Waals surface area contributed by atoms with Gasteiger partial charge in [0, 0.05) is 57.8 Å². The van der Waals surface area contributed by atoms with Gasteiger partial charge >= 0.3 is 0 Å². The molecule has 7 nitrogen and oxygen atoms in total. The van der Waals surface area contributed by atoms with E-state index in [0.717, 1.165) is 31.8 Å². The van der Waals surface area contributed by atoms with E-state index in [1.54, 1.807) is 6.20 Å². The molecule has 0 bridgehead atoms. The molecule has 3 aliphatic heterocycles. The van der Waals surface area contributed by atoms with E-state index in [1.165, 1.54) is 0 Å². The highest BCUT2D eigenvalue weighted by atomic mass is 16.5. The molecule has 0 aromatic carbocycles. The second kappa shape index (κ2) is 6.44. The van der Waals surface area contributed by atoms with Gasteiger partial charge in [0.15, 0.2) is 6.10 Å². The lowest BCUT2D eigenvalue weighted by Crippen LogP contribution is -2.55. The molecule has 4 heterocycles. The average Bonchev–Trinajstić information content (AvgIpc) is 3.33. The van der Waals surface area contributed by atoms with Crippen LogP contribution >= 0.6 is 0 Å². The Morgan fingerprint density at radius 2 is 1.92 bits per heavy atom. The fraction of sp³-hybridized carbons (Fsp3) is 0.722. The molecule has 2 saturated heterocycles. The summed E-state index contributed by atoms with van der Waals surface area (Å²) in [5.41, 5.74) is -0.549. The van der Waals surface area contributed by atoms with E-state index in [1.807, 2.05) is 22.9 Å². The molecule has 2 fully saturated rings. The number of ether oxygens (including phenoxy) is 1. The second-order valence-corrected chi connectivity index (χ2v) is 7.27. The number of imidazole rings is 1. The van der Waals surface area contributed by atoms with Crippen molar-refractivity contribution in [2.24, 2.45) is 0 Å². The minimum atomic E-state index is -0.549. The molecular weight excluding hydrogens is 320 g/mol. The smallest absolute Gasteiger partial charge is 0.253 e. The number of aromatic nitrogens is 2. The van der Waals surface area contributed by atoms with Gasteiger partial charge < -0.3 is 19.1 Å². The van der Waals surface area contributed by atoms with Crippen LogP contribution in [0.5, 0.6) is 0 Å². The molecule has 0 aliphatic carbocycles. The number of hydrogen-bond donors (Lipinski definition) is 0. The highest BCUT2D eigenvalue weighted by molar-refractivity contribution is 5.81. The first kappa shape index (κ1) is 16.6. The van der Waals surface area contributed by atoms with E-state index in [4.69, 9.17) is 4.74 Å². The molecule has 1 aromatic heterocycles. The van der Waals surface area contributed by atoms with Crippen molar-refractivity contribution in [2.45, 2.75) is 57.3 Å². The van der Waals surface area contributed by atoms with Crippen molar-refractivity contribution in [3.63, 3.8) is 0 Å². The van der Waals surface area contributed by atoms with Crippen LogP contribution in [0.2, 0.25) is 0 Å². The van der Waals surface area contributed by atoms with Crippen molar-refractivity contribution in [3.05, 3.63) is 18.2 Å². The average molecular weight is 346 g/mol. The lowest BCUT2D eigenvalue weighted by Gasteiger charge is -2.46. The molecule has 7 heteroatoms. The molecule has 1 aromatic rings. The molecule has 3 aliphatic rings. The van der Waals surface area contributed by atoms with Crippen molar-refractivity contribution in [3.8, 4) is 0 Å². The van der Waals surface area contributed by atoms with Crippen LogP contribution in [0.15, 0.2) is 12.4 Å². The third-order valence-corrected chi connectivity index (χ3v) is 5.77. The van der Waals surface area contributed by atoms with Crippen LogP contribution in [-0.2, 0) is 26.5 Å². The number of carbonyl (C=O) groups is 2. The fourth-order valence-electron chi connectivity index (χ4n) is 4.35. The summed E-state index contributed by atoms with van der Waals surface area (Å²) in [6, 6.07) is 0. The topological polar surface area (TPSA) is 67.7 Å². The minimum Gasteiger partial charge on any atom is -0.352 e. The summed E-state index contributed by atoms with van der Waals surface area (Å²) in [6.07, 6.45) is 7.34. The van der Waals surface area contributed by atoms with Crippen molar-refractivity contribution >= 4 is 11.8 Å². The molecule has 0 unspecified atom stereocenters. The number of hydrogen-bond acceptors (Lipinski definition) is 4. The number of likely N-dealkylation sites (tertiary alicyclic amines) is 2. The predicted molar refractivity (Wildman–Crippen MR) is 90.7 cm³/mol. The first-order chi connectivity index (χ1) is 12.1. The highest BCUT2D eigenvalue weighted by Gasteiger charge is 2.48. The summed E-state index contributed by atoms with van der Waals surface area (Å²) in [5.74, 6) is 1.18. The number of fused-ring (bicyclic) bond motifs is 2. The summed E-state index contributed by atoms with van der Waals surface area (Å²) in [6.45, 7) is 5.40. The SMILES string of the molecule is CCC(=O)N1CCC2(CC1)O[C@@H](C(=O)N1CCCC1)Cn1ccnc12. The number of carbonyl (C=O) groups excluding carboxylic acids is 2. The zero-order valence-electron chi connectivity index (χ0n) is 14.8. The van der Waals surface area contributed by atoms with Gasteiger partial charge in [0.25, 0.3) is 5.91 Å². The Labute approximate surface area is 147 Å². The van der Waals surface area contributed by atoms with E-state index >= 15 is 0 Å². The largest absolute Gasteiger partial charge is 0.352 e. The molecule has 1 spiro atoms. The van der Waals surface area contributed by atoms with Crippen LogP contribution in [0.25, 0.3) is 0 Å². The third-order valence-electron chi connectivity index (χ3n) is 5.77. The Kier molecular flexibility index (Phi) is 4.27. The maximum atomic E-state index is 12.9. The zero-order valence-corrected chi connectivity index (χ0v) is 14.8. The number of amides is 2. The van der Waals surface area contributed by atoms with Crippen LogP contribution < -0.4 is 0 Å². The molecule has 0 saturated carbocycles. The Bertz CT molecular complexity index is 657. The summed E-state index contributed by atoms with van der Waals surface area (Å²) in [5, 5.41) is 0.